The SMILES string of the molecule is Cc1ccc(C(=O)N2CC(C)NCC2C)c(Br)c1.Cl. The van der Waals surface area contributed by atoms with Crippen LogP contribution in [0.3, 0.4) is 0 Å². The normalized spacial score (nSPS) is 22.8. The molecule has 19 heavy (non-hydrogen) atoms. The zero-order valence-electron chi connectivity index (χ0n) is 11.4. The molecule has 1 fully saturated rings. The molecule has 1 aromatic carbocycles. The standard InChI is InChI=1S/C14H19BrN2O.ClH/c1-9-4-5-12(13(15)6-9)14(18)17-8-10(2)16-7-11(17)3;/h4-6,10-11,16H,7-8H2,1-3H3;1H. The van der Waals surface area contributed by atoms with Crippen molar-refractivity contribution in [3.63, 3.8) is 0 Å². The summed E-state index contributed by atoms with van der Waals surface area (Å²) >= 11 is 3.49. The van der Waals surface area contributed by atoms with Crippen LogP contribution in [0.15, 0.2) is 22.7 Å². The number of amides is 1. The monoisotopic (exact) mass is 346 g/mol. The third-order valence-corrected chi connectivity index (χ3v) is 4.04. The van der Waals surface area contributed by atoms with Crippen molar-refractivity contribution < 1.29 is 4.79 Å². The Labute approximate surface area is 129 Å². The van der Waals surface area contributed by atoms with Gasteiger partial charge in [-0.1, -0.05) is 6.07 Å². The fourth-order valence-corrected chi connectivity index (χ4v) is 2.92. The van der Waals surface area contributed by atoms with E-state index in [0.717, 1.165) is 28.7 Å². The number of piperazine rings is 1. The number of carbonyl (C=O) groups excluding carboxylic acids is 1. The molecule has 3 nitrogen and oxygen atoms in total. The molecule has 1 N–H and O–H groups in total. The highest BCUT2D eigenvalue weighted by Crippen LogP contribution is 2.21. The van der Waals surface area contributed by atoms with Crippen LogP contribution < -0.4 is 5.32 Å². The van der Waals surface area contributed by atoms with Gasteiger partial charge in [0.15, 0.2) is 0 Å². The maximum absolute atomic E-state index is 12.6. The molecule has 1 aliphatic heterocycles. The highest BCUT2D eigenvalue weighted by molar-refractivity contribution is 9.10. The van der Waals surface area contributed by atoms with E-state index in [1.165, 1.54) is 0 Å². The van der Waals surface area contributed by atoms with Crippen LogP contribution in [0, 0.1) is 6.92 Å². The van der Waals surface area contributed by atoms with Gasteiger partial charge in [-0.3, -0.25) is 4.79 Å². The zero-order chi connectivity index (χ0) is 13.3. The fraction of sp³-hybridized carbons (Fsp3) is 0.500. The van der Waals surface area contributed by atoms with E-state index < -0.39 is 0 Å². The number of benzene rings is 1. The molecule has 0 bridgehead atoms. The first-order valence-corrected chi connectivity index (χ1v) is 7.09. The van der Waals surface area contributed by atoms with Crippen molar-refractivity contribution in [2.75, 3.05) is 13.1 Å². The second-order valence-electron chi connectivity index (χ2n) is 5.10. The zero-order valence-corrected chi connectivity index (χ0v) is 13.8. The van der Waals surface area contributed by atoms with Crippen LogP contribution in [0.2, 0.25) is 0 Å². The van der Waals surface area contributed by atoms with E-state index in [1.54, 1.807) is 0 Å². The Morgan fingerprint density at radius 2 is 2.11 bits per heavy atom. The lowest BCUT2D eigenvalue weighted by molar-refractivity contribution is 0.0615. The lowest BCUT2D eigenvalue weighted by Gasteiger charge is -2.37. The molecule has 0 aromatic heterocycles. The van der Waals surface area contributed by atoms with Crippen LogP contribution in [0.25, 0.3) is 0 Å². The Morgan fingerprint density at radius 1 is 1.42 bits per heavy atom. The summed E-state index contributed by atoms with van der Waals surface area (Å²) in [6.45, 7) is 7.83. The van der Waals surface area contributed by atoms with Crippen molar-refractivity contribution in [1.29, 1.82) is 0 Å². The van der Waals surface area contributed by atoms with Crippen LogP contribution in [-0.4, -0.2) is 36.0 Å². The minimum atomic E-state index is 0. The third-order valence-electron chi connectivity index (χ3n) is 3.38. The van der Waals surface area contributed by atoms with Gasteiger partial charge in [-0.2, -0.15) is 0 Å². The molecule has 0 radical (unpaired) electrons. The Morgan fingerprint density at radius 3 is 2.74 bits per heavy atom. The van der Waals surface area contributed by atoms with Gasteiger partial charge < -0.3 is 10.2 Å². The number of hydrogen-bond acceptors (Lipinski definition) is 2. The molecular formula is C14H20BrClN2O. The quantitative estimate of drug-likeness (QED) is 0.847. The number of nitrogens with zero attached hydrogens (tertiary/aromatic N) is 1. The number of nitrogens with one attached hydrogen (secondary N) is 1. The molecule has 2 unspecified atom stereocenters. The maximum Gasteiger partial charge on any atom is 0.255 e. The van der Waals surface area contributed by atoms with Gasteiger partial charge in [0.25, 0.3) is 5.91 Å². The molecule has 1 heterocycles. The van der Waals surface area contributed by atoms with Crippen LogP contribution >= 0.6 is 28.3 Å². The molecule has 1 amide bonds. The van der Waals surface area contributed by atoms with Crippen LogP contribution in [-0.2, 0) is 0 Å². The van der Waals surface area contributed by atoms with Gasteiger partial charge >= 0.3 is 0 Å². The van der Waals surface area contributed by atoms with Crippen molar-refractivity contribution in [2.45, 2.75) is 32.9 Å². The lowest BCUT2D eigenvalue weighted by atomic mass is 10.1. The summed E-state index contributed by atoms with van der Waals surface area (Å²) < 4.78 is 0.880. The minimum absolute atomic E-state index is 0. The summed E-state index contributed by atoms with van der Waals surface area (Å²) in [5.41, 5.74) is 1.90. The van der Waals surface area contributed by atoms with Gasteiger partial charge in [-0.25, -0.2) is 0 Å². The van der Waals surface area contributed by atoms with Crippen molar-refractivity contribution in [2.24, 2.45) is 0 Å². The topological polar surface area (TPSA) is 32.3 Å². The van der Waals surface area contributed by atoms with E-state index >= 15 is 0 Å². The predicted octanol–water partition coefficient (Wildman–Crippen LogP) is 3.00. The molecule has 0 spiro atoms. The largest absolute Gasteiger partial charge is 0.333 e. The highest BCUT2D eigenvalue weighted by Gasteiger charge is 2.28. The molecule has 1 aliphatic rings. The van der Waals surface area contributed by atoms with Crippen molar-refractivity contribution in [1.82, 2.24) is 10.2 Å². The van der Waals surface area contributed by atoms with Crippen molar-refractivity contribution >= 4 is 34.2 Å². The molecule has 5 heteroatoms. The highest BCUT2D eigenvalue weighted by atomic mass is 79.9. The number of aryl methyl sites for hydroxylation is 1. The second-order valence-corrected chi connectivity index (χ2v) is 5.95. The van der Waals surface area contributed by atoms with Gasteiger partial charge in [0, 0.05) is 29.6 Å². The number of halogens is 2. The molecule has 106 valence electrons. The van der Waals surface area contributed by atoms with E-state index in [9.17, 15) is 4.79 Å². The molecule has 2 rings (SSSR count). The fourth-order valence-electron chi connectivity index (χ4n) is 2.25. The van der Waals surface area contributed by atoms with Crippen LogP contribution in [0.4, 0.5) is 0 Å². The van der Waals surface area contributed by atoms with Gasteiger partial charge in [-0.15, -0.1) is 12.4 Å². The van der Waals surface area contributed by atoms with Gasteiger partial charge in [0.05, 0.1) is 5.56 Å². The summed E-state index contributed by atoms with van der Waals surface area (Å²) in [6.07, 6.45) is 0. The smallest absolute Gasteiger partial charge is 0.255 e. The van der Waals surface area contributed by atoms with Crippen LogP contribution in [0.5, 0.6) is 0 Å². The number of hydrogen-bond donors (Lipinski definition) is 1. The Hall–Kier alpha value is -0.580. The first kappa shape index (κ1) is 16.5. The Kier molecular flexibility index (Phi) is 5.83. The van der Waals surface area contributed by atoms with E-state index in [1.807, 2.05) is 30.0 Å². The summed E-state index contributed by atoms with van der Waals surface area (Å²) in [6, 6.07) is 6.47. The summed E-state index contributed by atoms with van der Waals surface area (Å²) in [7, 11) is 0. The first-order valence-electron chi connectivity index (χ1n) is 6.29. The Bertz CT molecular complexity index is 467. The van der Waals surface area contributed by atoms with Crippen molar-refractivity contribution in [3.8, 4) is 0 Å². The summed E-state index contributed by atoms with van der Waals surface area (Å²) in [4.78, 5) is 14.5. The summed E-state index contributed by atoms with van der Waals surface area (Å²) in [5, 5.41) is 3.39. The minimum Gasteiger partial charge on any atom is -0.333 e. The second kappa shape index (κ2) is 6.73. The molecule has 1 saturated heterocycles. The predicted molar refractivity (Wildman–Crippen MR) is 84.1 cm³/mol. The van der Waals surface area contributed by atoms with Gasteiger partial charge in [0.2, 0.25) is 0 Å². The Balaban J connectivity index is 0.00000180. The van der Waals surface area contributed by atoms with E-state index in [0.29, 0.717) is 6.04 Å². The van der Waals surface area contributed by atoms with Gasteiger partial charge in [-0.05, 0) is 54.4 Å². The molecule has 1 aromatic rings. The van der Waals surface area contributed by atoms with Gasteiger partial charge in [0.1, 0.15) is 0 Å². The third kappa shape index (κ3) is 3.71. The molecule has 0 aliphatic carbocycles. The van der Waals surface area contributed by atoms with Crippen molar-refractivity contribution in [3.05, 3.63) is 33.8 Å². The first-order chi connectivity index (χ1) is 8.49. The average molecular weight is 348 g/mol. The maximum atomic E-state index is 12.6. The van der Waals surface area contributed by atoms with E-state index in [2.05, 4.69) is 35.1 Å². The number of carbonyl (C=O) groups is 1. The van der Waals surface area contributed by atoms with Crippen LogP contribution in [0.1, 0.15) is 29.8 Å². The summed E-state index contributed by atoms with van der Waals surface area (Å²) in [5.74, 6) is 0.114. The molecule has 2 atom stereocenters. The molecule has 0 saturated carbocycles. The van der Waals surface area contributed by atoms with E-state index in [4.69, 9.17) is 0 Å². The molecular weight excluding hydrogens is 328 g/mol. The number of rotatable bonds is 1. The van der Waals surface area contributed by atoms with E-state index in [-0.39, 0.29) is 24.4 Å². The lowest BCUT2D eigenvalue weighted by Crippen LogP contribution is -2.56. The average Bonchev–Trinajstić information content (AvgIpc) is 2.31.